The van der Waals surface area contributed by atoms with Crippen molar-refractivity contribution in [2.24, 2.45) is 0 Å². The summed E-state index contributed by atoms with van der Waals surface area (Å²) in [6.45, 7) is 5.83. The average Bonchev–Trinajstić information content (AvgIpc) is 3.18. The molecule has 0 spiro atoms. The summed E-state index contributed by atoms with van der Waals surface area (Å²) in [5.74, 6) is -0.395. The summed E-state index contributed by atoms with van der Waals surface area (Å²) in [5.41, 5.74) is -0.142. The summed E-state index contributed by atoms with van der Waals surface area (Å²) in [6, 6.07) is 16.1. The molecule has 14 heteroatoms. The quantitative estimate of drug-likeness (QED) is 0.221. The van der Waals surface area contributed by atoms with Gasteiger partial charge in [-0.3, -0.25) is 4.79 Å². The van der Waals surface area contributed by atoms with Crippen LogP contribution in [-0.2, 0) is 36.4 Å². The molecule has 1 amide bonds. The Morgan fingerprint density at radius 2 is 1.67 bits per heavy atom. The van der Waals surface area contributed by atoms with Gasteiger partial charge in [0.05, 0.1) is 5.69 Å². The molecule has 2 heterocycles. The van der Waals surface area contributed by atoms with Gasteiger partial charge in [0.15, 0.2) is 0 Å². The van der Waals surface area contributed by atoms with Gasteiger partial charge in [0.25, 0.3) is 5.91 Å². The number of amides is 1. The molecule has 1 fully saturated rings. The number of sulfonamides is 1. The fourth-order valence-electron chi connectivity index (χ4n) is 5.43. The molecule has 3 aromatic carbocycles. The Morgan fingerprint density at radius 1 is 1.00 bits per heavy atom. The van der Waals surface area contributed by atoms with Gasteiger partial charge in [0, 0.05) is 51.9 Å². The lowest BCUT2D eigenvalue weighted by Crippen LogP contribution is -2.46. The first-order chi connectivity index (χ1) is 21.1. The second kappa shape index (κ2) is 13.0. The highest BCUT2D eigenvalue weighted by Crippen LogP contribution is 2.43. The van der Waals surface area contributed by atoms with Crippen molar-refractivity contribution in [2.75, 3.05) is 23.7 Å². The Labute approximate surface area is 277 Å². The van der Waals surface area contributed by atoms with Gasteiger partial charge in [-0.2, -0.15) is 0 Å². The highest BCUT2D eigenvalue weighted by atomic mass is 35.5. The van der Waals surface area contributed by atoms with Crippen molar-refractivity contribution < 1.29 is 27.6 Å². The Bertz CT molecular complexity index is 1720. The third kappa shape index (κ3) is 7.85. The van der Waals surface area contributed by atoms with E-state index in [-0.39, 0.29) is 22.0 Å². The maximum atomic E-state index is 13.9. The number of fused-ring (bicyclic) bond motifs is 1. The van der Waals surface area contributed by atoms with Crippen LogP contribution in [-0.4, -0.2) is 50.3 Å². The summed E-state index contributed by atoms with van der Waals surface area (Å²) >= 11 is 18.9. The number of hydrogen-bond donors (Lipinski definition) is 3. The molecule has 3 N–H and O–H groups in total. The van der Waals surface area contributed by atoms with Gasteiger partial charge < -0.3 is 20.2 Å². The fourth-order valence-corrected chi connectivity index (χ4v) is 7.43. The molecule has 45 heavy (non-hydrogen) atoms. The number of anilines is 2. The van der Waals surface area contributed by atoms with Gasteiger partial charge in [0.1, 0.15) is 16.0 Å². The molecule has 0 aromatic heterocycles. The molecule has 0 aliphatic carbocycles. The topological polar surface area (TPSA) is 126 Å². The van der Waals surface area contributed by atoms with Crippen LogP contribution in [0, 0.1) is 0 Å². The summed E-state index contributed by atoms with van der Waals surface area (Å²) in [7, 11) is -4.12. The molecular weight excluding hydrogens is 663 g/mol. The van der Waals surface area contributed by atoms with E-state index >= 15 is 0 Å². The largest absolute Gasteiger partial charge is 0.528 e. The molecule has 1 unspecified atom stereocenters. The minimum Gasteiger partial charge on any atom is -0.427 e. The number of ether oxygens (including phenoxy) is 1. The molecular formula is C31H33Cl3N4O6S. The standard InChI is InChI=1S/C31H33Cl3N4O6S/c1-30(2,3)43-29(40)44-38-13-11-23(12-14-38)37-45(41,42)27-10-8-22(34)17-26(27)36-31(18-19-5-4-6-20(32)15-19)24-9-7-21(33)16-25(24)35-28(31)39/h4-10,15-17,23,36-37H,11-14,18H2,1-3H3,(H,35,39). The first kappa shape index (κ1) is 33.3. The molecule has 2 aliphatic heterocycles. The van der Waals surface area contributed by atoms with Crippen LogP contribution in [0.25, 0.3) is 0 Å². The number of rotatable bonds is 8. The SMILES string of the molecule is CC(C)(C)OC(=O)ON1CCC(NS(=O)(=O)c2ccc(Cl)cc2NC2(Cc3cccc(Cl)c3)C(=O)Nc3cc(Cl)ccc32)CC1. The number of carbonyl (C=O) groups is 2. The number of hydroxylamine groups is 2. The van der Waals surface area contributed by atoms with Crippen molar-refractivity contribution in [3.05, 3.63) is 86.9 Å². The van der Waals surface area contributed by atoms with Crippen LogP contribution in [0.15, 0.2) is 65.6 Å². The van der Waals surface area contributed by atoms with E-state index < -0.39 is 39.3 Å². The van der Waals surface area contributed by atoms with E-state index in [0.29, 0.717) is 47.2 Å². The minimum absolute atomic E-state index is 0.0833. The predicted molar refractivity (Wildman–Crippen MR) is 174 cm³/mol. The molecule has 1 saturated heterocycles. The van der Waals surface area contributed by atoms with Crippen molar-refractivity contribution in [1.29, 1.82) is 0 Å². The summed E-state index contributed by atoms with van der Waals surface area (Å²) in [6.07, 6.45) is 0.0927. The minimum atomic E-state index is -4.12. The highest BCUT2D eigenvalue weighted by molar-refractivity contribution is 7.89. The van der Waals surface area contributed by atoms with Gasteiger partial charge in [-0.1, -0.05) is 53.0 Å². The van der Waals surface area contributed by atoms with E-state index in [9.17, 15) is 18.0 Å². The van der Waals surface area contributed by atoms with Crippen LogP contribution >= 0.6 is 34.8 Å². The molecule has 240 valence electrons. The lowest BCUT2D eigenvalue weighted by atomic mass is 9.84. The summed E-state index contributed by atoms with van der Waals surface area (Å²) in [5, 5.41) is 8.81. The third-order valence-corrected chi connectivity index (χ3v) is 9.67. The zero-order valence-corrected chi connectivity index (χ0v) is 27.9. The van der Waals surface area contributed by atoms with Gasteiger partial charge in [-0.15, -0.1) is 5.06 Å². The van der Waals surface area contributed by atoms with Crippen molar-refractivity contribution >= 4 is 68.3 Å². The number of hydrogen-bond acceptors (Lipinski definition) is 8. The Balaban J connectivity index is 1.41. The van der Waals surface area contributed by atoms with Crippen LogP contribution < -0.4 is 15.4 Å². The maximum Gasteiger partial charge on any atom is 0.528 e. The van der Waals surface area contributed by atoms with Gasteiger partial charge in [-0.05, 0) is 81.6 Å². The van der Waals surface area contributed by atoms with E-state index in [1.54, 1.807) is 57.2 Å². The van der Waals surface area contributed by atoms with Gasteiger partial charge in [0.2, 0.25) is 10.0 Å². The molecule has 10 nitrogen and oxygen atoms in total. The first-order valence-corrected chi connectivity index (χ1v) is 16.9. The van der Waals surface area contributed by atoms with Crippen molar-refractivity contribution in [2.45, 2.75) is 62.1 Å². The molecule has 1 atom stereocenters. The Kier molecular flexibility index (Phi) is 9.61. The van der Waals surface area contributed by atoms with E-state index in [4.69, 9.17) is 44.4 Å². The Hall–Kier alpha value is -3.06. The fraction of sp³-hybridized carbons (Fsp3) is 0.355. The van der Waals surface area contributed by atoms with Gasteiger partial charge >= 0.3 is 6.16 Å². The van der Waals surface area contributed by atoms with Crippen LogP contribution in [0.4, 0.5) is 16.2 Å². The van der Waals surface area contributed by atoms with Crippen LogP contribution in [0.1, 0.15) is 44.7 Å². The van der Waals surface area contributed by atoms with E-state index in [1.807, 2.05) is 6.07 Å². The number of carbonyl (C=O) groups excluding carboxylic acids is 2. The van der Waals surface area contributed by atoms with E-state index in [1.165, 1.54) is 23.3 Å². The smallest absolute Gasteiger partial charge is 0.427 e. The second-order valence-electron chi connectivity index (χ2n) is 12.0. The monoisotopic (exact) mass is 694 g/mol. The average molecular weight is 696 g/mol. The second-order valence-corrected chi connectivity index (χ2v) is 15.0. The molecule has 0 radical (unpaired) electrons. The molecule has 2 aliphatic rings. The first-order valence-electron chi connectivity index (χ1n) is 14.3. The summed E-state index contributed by atoms with van der Waals surface area (Å²) in [4.78, 5) is 31.0. The number of benzene rings is 3. The normalized spacial score (nSPS) is 19.1. The van der Waals surface area contributed by atoms with Crippen molar-refractivity contribution in [3.8, 4) is 0 Å². The van der Waals surface area contributed by atoms with Crippen molar-refractivity contribution in [3.63, 3.8) is 0 Å². The summed E-state index contributed by atoms with van der Waals surface area (Å²) < 4.78 is 35.7. The lowest BCUT2D eigenvalue weighted by Gasteiger charge is -2.33. The maximum absolute atomic E-state index is 13.9. The Morgan fingerprint density at radius 3 is 2.36 bits per heavy atom. The zero-order chi connectivity index (χ0) is 32.6. The highest BCUT2D eigenvalue weighted by Gasteiger charge is 2.48. The molecule has 5 rings (SSSR count). The van der Waals surface area contributed by atoms with Crippen LogP contribution in [0.5, 0.6) is 0 Å². The lowest BCUT2D eigenvalue weighted by molar-refractivity contribution is -0.152. The molecule has 3 aromatic rings. The van der Waals surface area contributed by atoms with E-state index in [2.05, 4.69) is 15.4 Å². The predicted octanol–water partition coefficient (Wildman–Crippen LogP) is 6.76. The van der Waals surface area contributed by atoms with Crippen LogP contribution in [0.2, 0.25) is 15.1 Å². The molecule has 0 saturated carbocycles. The van der Waals surface area contributed by atoms with Gasteiger partial charge in [-0.25, -0.2) is 17.9 Å². The van der Waals surface area contributed by atoms with E-state index in [0.717, 1.165) is 5.56 Å². The van der Waals surface area contributed by atoms with Crippen LogP contribution in [0.3, 0.4) is 0 Å². The number of nitrogens with zero attached hydrogens (tertiary/aromatic N) is 1. The number of nitrogens with one attached hydrogen (secondary N) is 3. The third-order valence-electron chi connectivity index (χ3n) is 7.38. The zero-order valence-electron chi connectivity index (χ0n) is 24.8. The number of piperidine rings is 1. The molecule has 0 bridgehead atoms. The van der Waals surface area contributed by atoms with Crippen molar-refractivity contribution in [1.82, 2.24) is 9.79 Å². The number of halogens is 3.